The van der Waals surface area contributed by atoms with Crippen molar-refractivity contribution in [2.24, 2.45) is 0 Å². The molecule has 0 aliphatic heterocycles. The van der Waals surface area contributed by atoms with Crippen LogP contribution in [0.15, 0.2) is 35.2 Å². The summed E-state index contributed by atoms with van der Waals surface area (Å²) in [6.07, 6.45) is 0. The normalized spacial score (nSPS) is 14.2. The fourth-order valence-corrected chi connectivity index (χ4v) is 1.86. The Hall–Kier alpha value is -0.470. The zero-order valence-electron chi connectivity index (χ0n) is 8.32. The zero-order valence-corrected chi connectivity index (χ0v) is 9.14. The molecule has 1 unspecified atom stereocenters. The van der Waals surface area contributed by atoms with Crippen molar-refractivity contribution in [3.8, 4) is 0 Å². The van der Waals surface area contributed by atoms with Crippen LogP contribution in [0.1, 0.15) is 20.8 Å². The lowest BCUT2D eigenvalue weighted by atomic mass is 10.1. The van der Waals surface area contributed by atoms with Gasteiger partial charge in [-0.25, -0.2) is 0 Å². The molecule has 13 heavy (non-hydrogen) atoms. The van der Waals surface area contributed by atoms with Gasteiger partial charge in [-0.3, -0.25) is 0 Å². The molecule has 0 heterocycles. The van der Waals surface area contributed by atoms with E-state index in [1.165, 1.54) is 4.90 Å². The van der Waals surface area contributed by atoms with Gasteiger partial charge in [-0.1, -0.05) is 25.1 Å². The van der Waals surface area contributed by atoms with Crippen molar-refractivity contribution in [3.63, 3.8) is 0 Å². The molecule has 0 aliphatic carbocycles. The quantitative estimate of drug-likeness (QED) is 0.750. The maximum atomic E-state index is 9.73. The molecule has 1 rings (SSSR count). The van der Waals surface area contributed by atoms with Crippen molar-refractivity contribution in [3.05, 3.63) is 30.3 Å². The maximum Gasteiger partial charge on any atom is 0.0710 e. The van der Waals surface area contributed by atoms with E-state index >= 15 is 0 Å². The number of aliphatic hydroxyl groups is 1. The van der Waals surface area contributed by atoms with E-state index in [-0.39, 0.29) is 5.25 Å². The largest absolute Gasteiger partial charge is 0.389 e. The summed E-state index contributed by atoms with van der Waals surface area (Å²) < 4.78 is 0. The molecule has 0 spiro atoms. The summed E-state index contributed by atoms with van der Waals surface area (Å²) in [4.78, 5) is 1.21. The van der Waals surface area contributed by atoms with Crippen LogP contribution in [0.5, 0.6) is 0 Å². The van der Waals surface area contributed by atoms with Gasteiger partial charge < -0.3 is 5.11 Å². The van der Waals surface area contributed by atoms with Crippen LogP contribution in [0.3, 0.4) is 0 Å². The van der Waals surface area contributed by atoms with Gasteiger partial charge in [0.15, 0.2) is 0 Å². The van der Waals surface area contributed by atoms with Crippen LogP contribution < -0.4 is 0 Å². The van der Waals surface area contributed by atoms with Crippen LogP contribution in [-0.4, -0.2) is 16.0 Å². The van der Waals surface area contributed by atoms with Crippen LogP contribution >= 0.6 is 11.8 Å². The molecule has 1 N–H and O–H groups in total. The van der Waals surface area contributed by atoms with E-state index in [9.17, 15) is 5.11 Å². The lowest BCUT2D eigenvalue weighted by Crippen LogP contribution is -2.30. The van der Waals surface area contributed by atoms with E-state index in [1.807, 2.05) is 39.0 Å². The van der Waals surface area contributed by atoms with E-state index in [1.54, 1.807) is 11.8 Å². The second kappa shape index (κ2) is 4.16. The Morgan fingerprint density at radius 3 is 2.23 bits per heavy atom. The van der Waals surface area contributed by atoms with Gasteiger partial charge in [-0.2, -0.15) is 0 Å². The fraction of sp³-hybridized carbons (Fsp3) is 0.455. The van der Waals surface area contributed by atoms with Gasteiger partial charge in [0.05, 0.1) is 5.60 Å². The van der Waals surface area contributed by atoms with E-state index in [4.69, 9.17) is 0 Å². The van der Waals surface area contributed by atoms with Crippen LogP contribution in [0, 0.1) is 0 Å². The van der Waals surface area contributed by atoms with Crippen LogP contribution in [-0.2, 0) is 0 Å². The zero-order chi connectivity index (χ0) is 9.90. The van der Waals surface area contributed by atoms with Crippen molar-refractivity contribution in [2.45, 2.75) is 36.5 Å². The highest BCUT2D eigenvalue weighted by Gasteiger charge is 2.22. The van der Waals surface area contributed by atoms with Gasteiger partial charge in [0, 0.05) is 10.1 Å². The summed E-state index contributed by atoms with van der Waals surface area (Å²) in [6, 6.07) is 10.2. The summed E-state index contributed by atoms with van der Waals surface area (Å²) in [7, 11) is 0. The molecular weight excluding hydrogens is 180 g/mol. The second-order valence-corrected chi connectivity index (χ2v) is 5.14. The minimum absolute atomic E-state index is 0.204. The van der Waals surface area contributed by atoms with Gasteiger partial charge in [0.2, 0.25) is 0 Å². The number of rotatable bonds is 3. The number of thioether (sulfide) groups is 1. The molecule has 1 atom stereocenters. The van der Waals surface area contributed by atoms with Crippen molar-refractivity contribution in [2.75, 3.05) is 0 Å². The molecule has 0 radical (unpaired) electrons. The van der Waals surface area contributed by atoms with Gasteiger partial charge in [-0.05, 0) is 26.0 Å². The lowest BCUT2D eigenvalue weighted by molar-refractivity contribution is 0.0824. The molecule has 1 aromatic carbocycles. The first-order chi connectivity index (χ1) is 6.00. The van der Waals surface area contributed by atoms with Crippen molar-refractivity contribution in [1.82, 2.24) is 0 Å². The maximum absolute atomic E-state index is 9.73. The average Bonchev–Trinajstić information content (AvgIpc) is 2.04. The summed E-state index contributed by atoms with van der Waals surface area (Å²) in [6.45, 7) is 5.72. The molecule has 0 saturated carbocycles. The highest BCUT2D eigenvalue weighted by atomic mass is 32.2. The van der Waals surface area contributed by atoms with E-state index in [0.29, 0.717) is 0 Å². The molecule has 72 valence electrons. The Bertz CT molecular complexity index is 251. The molecule has 0 aromatic heterocycles. The second-order valence-electron chi connectivity index (χ2n) is 3.73. The van der Waals surface area contributed by atoms with Gasteiger partial charge in [0.25, 0.3) is 0 Å². The van der Waals surface area contributed by atoms with E-state index in [2.05, 4.69) is 12.1 Å². The van der Waals surface area contributed by atoms with Crippen LogP contribution in [0.25, 0.3) is 0 Å². The Balaban J connectivity index is 2.61. The molecule has 0 amide bonds. The predicted molar refractivity (Wildman–Crippen MR) is 58.1 cm³/mol. The third-order valence-electron chi connectivity index (χ3n) is 2.05. The third-order valence-corrected chi connectivity index (χ3v) is 3.53. The summed E-state index contributed by atoms with van der Waals surface area (Å²) in [5.74, 6) is 0. The van der Waals surface area contributed by atoms with Gasteiger partial charge in [0.1, 0.15) is 0 Å². The number of hydrogen-bond acceptors (Lipinski definition) is 2. The number of benzene rings is 1. The average molecular weight is 196 g/mol. The van der Waals surface area contributed by atoms with Crippen molar-refractivity contribution >= 4 is 11.8 Å². The minimum Gasteiger partial charge on any atom is -0.389 e. The Morgan fingerprint density at radius 1 is 1.23 bits per heavy atom. The molecule has 0 bridgehead atoms. The lowest BCUT2D eigenvalue weighted by Gasteiger charge is -2.25. The van der Waals surface area contributed by atoms with Gasteiger partial charge >= 0.3 is 0 Å². The molecule has 1 nitrogen and oxygen atoms in total. The van der Waals surface area contributed by atoms with Crippen LogP contribution in [0.4, 0.5) is 0 Å². The summed E-state index contributed by atoms with van der Waals surface area (Å²) >= 11 is 1.70. The Kier molecular flexibility index (Phi) is 3.40. The highest BCUT2D eigenvalue weighted by molar-refractivity contribution is 8.00. The standard InChI is InChI=1S/C11H16OS/c1-9(11(2,3)12)13-10-7-5-4-6-8-10/h4-9,12H,1-3H3. The predicted octanol–water partition coefficient (Wildman–Crippen LogP) is 2.94. The SMILES string of the molecule is CC(Sc1ccccc1)C(C)(C)O. The molecule has 1 aromatic rings. The molecule has 2 heteroatoms. The molecule has 0 saturated heterocycles. The molecule has 0 fully saturated rings. The molecule has 0 aliphatic rings. The first kappa shape index (κ1) is 10.6. The summed E-state index contributed by atoms with van der Waals surface area (Å²) in [5, 5.41) is 9.93. The monoisotopic (exact) mass is 196 g/mol. The minimum atomic E-state index is -0.624. The Morgan fingerprint density at radius 2 is 1.77 bits per heavy atom. The first-order valence-corrected chi connectivity index (χ1v) is 5.32. The van der Waals surface area contributed by atoms with Crippen molar-refractivity contribution < 1.29 is 5.11 Å². The number of hydrogen-bond donors (Lipinski definition) is 1. The molecular formula is C11H16OS. The highest BCUT2D eigenvalue weighted by Crippen LogP contribution is 2.29. The van der Waals surface area contributed by atoms with Crippen molar-refractivity contribution in [1.29, 1.82) is 0 Å². The van der Waals surface area contributed by atoms with Gasteiger partial charge in [-0.15, -0.1) is 11.8 Å². The third kappa shape index (κ3) is 3.41. The Labute approximate surface area is 84.2 Å². The van der Waals surface area contributed by atoms with E-state index in [0.717, 1.165) is 0 Å². The topological polar surface area (TPSA) is 20.2 Å². The summed E-state index contributed by atoms with van der Waals surface area (Å²) in [5.41, 5.74) is -0.624. The smallest absolute Gasteiger partial charge is 0.0710 e. The fourth-order valence-electron chi connectivity index (χ4n) is 0.847. The van der Waals surface area contributed by atoms with Crippen LogP contribution in [0.2, 0.25) is 0 Å². The first-order valence-electron chi connectivity index (χ1n) is 4.44. The van der Waals surface area contributed by atoms with E-state index < -0.39 is 5.60 Å².